The van der Waals surface area contributed by atoms with Crippen molar-refractivity contribution in [1.29, 1.82) is 0 Å². The summed E-state index contributed by atoms with van der Waals surface area (Å²) in [4.78, 5) is 0. The summed E-state index contributed by atoms with van der Waals surface area (Å²) >= 11 is 0. The average molecular weight is 496 g/mol. The van der Waals surface area contributed by atoms with E-state index >= 15 is 0 Å². The fraction of sp³-hybridized carbons (Fsp3) is 0.667. The topological polar surface area (TPSA) is 21.7 Å². The summed E-state index contributed by atoms with van der Waals surface area (Å²) in [5, 5.41) is 0. The number of rotatable bonds is 3. The Labute approximate surface area is 214 Å². The van der Waals surface area contributed by atoms with Crippen molar-refractivity contribution in [2.45, 2.75) is 77.6 Å². The minimum atomic E-state index is -1.84. The molecule has 1 aliphatic heterocycles. The predicted octanol–water partition coefficient (Wildman–Crippen LogP) is 6.64. The van der Waals surface area contributed by atoms with Gasteiger partial charge in [-0.15, -0.1) is 0 Å². The van der Waals surface area contributed by atoms with Crippen LogP contribution < -0.4 is 9.47 Å². The number of fused-ring (bicyclic) bond motifs is 5. The van der Waals surface area contributed by atoms with Crippen LogP contribution in [0.5, 0.6) is 11.5 Å². The lowest BCUT2D eigenvalue weighted by Crippen LogP contribution is -2.72. The molecule has 0 N–H and O–H groups in total. The Morgan fingerprint density at radius 2 is 1.60 bits per heavy atom. The van der Waals surface area contributed by atoms with Crippen LogP contribution in [0, 0.1) is 17.8 Å². The largest absolute Gasteiger partial charge is 0.486 e. The number of allylic oxidation sites excluding steroid dienone is 4. The van der Waals surface area contributed by atoms with Crippen LogP contribution in [0.25, 0.3) is 5.57 Å². The van der Waals surface area contributed by atoms with E-state index in [-0.39, 0.29) is 11.0 Å². The maximum atomic E-state index is 5.98. The van der Waals surface area contributed by atoms with E-state index in [9.17, 15) is 0 Å². The first kappa shape index (κ1) is 25.1. The summed E-state index contributed by atoms with van der Waals surface area (Å²) in [6.45, 7) is 21.1. The molecule has 4 atom stereocenters. The second-order valence-electron chi connectivity index (χ2n) is 14.4. The summed E-state index contributed by atoms with van der Waals surface area (Å²) in [5.41, 5.74) is 6.54. The van der Waals surface area contributed by atoms with Crippen molar-refractivity contribution < 1.29 is 14.1 Å². The van der Waals surface area contributed by atoms with Crippen LogP contribution in [0.4, 0.5) is 0 Å². The minimum Gasteiger partial charge on any atom is -0.486 e. The Hall–Kier alpha value is -1.56. The molecule has 1 saturated carbocycles. The molecular formula is C30H47N2O2Si+. The van der Waals surface area contributed by atoms with E-state index in [0.717, 1.165) is 22.0 Å². The Balaban J connectivity index is 1.59. The summed E-state index contributed by atoms with van der Waals surface area (Å²) in [6, 6.07) is 4.52. The molecule has 0 radical (unpaired) electrons. The maximum absolute atomic E-state index is 5.98. The Morgan fingerprint density at radius 1 is 1.00 bits per heavy atom. The first-order chi connectivity index (χ1) is 16.0. The molecule has 4 nitrogen and oxygen atoms in total. The zero-order valence-corrected chi connectivity index (χ0v) is 25.0. The lowest BCUT2D eigenvalue weighted by molar-refractivity contribution is -0.978. The third kappa shape index (κ3) is 3.76. The molecular weight excluding hydrogens is 448 g/mol. The van der Waals surface area contributed by atoms with Gasteiger partial charge < -0.3 is 9.47 Å². The number of nitrogens with zero attached hydrogens (tertiary/aromatic N) is 2. The second-order valence-corrected chi connectivity index (χ2v) is 18.8. The smallest absolute Gasteiger partial charge is 0.191 e. The van der Waals surface area contributed by atoms with Crippen LogP contribution in [0.15, 0.2) is 29.9 Å². The Bertz CT molecular complexity index is 1090. The molecule has 0 bridgehead atoms. The summed E-state index contributed by atoms with van der Waals surface area (Å²) in [6.07, 6.45) is 6.66. The van der Waals surface area contributed by atoms with Crippen LogP contribution in [0.1, 0.15) is 59.1 Å². The van der Waals surface area contributed by atoms with Gasteiger partial charge in [0.15, 0.2) is 19.7 Å². The van der Waals surface area contributed by atoms with Crippen molar-refractivity contribution >= 4 is 13.8 Å². The molecule has 192 valence electrons. The van der Waals surface area contributed by atoms with E-state index in [0.29, 0.717) is 30.6 Å². The molecule has 1 aromatic rings. The number of benzene rings is 1. The normalized spacial score (nSPS) is 29.4. The van der Waals surface area contributed by atoms with E-state index in [1.54, 1.807) is 0 Å². The highest BCUT2D eigenvalue weighted by Gasteiger charge is 2.58. The molecule has 0 amide bonds. The van der Waals surface area contributed by atoms with Gasteiger partial charge in [0.1, 0.15) is 13.2 Å². The zero-order valence-electron chi connectivity index (χ0n) is 24.0. The molecule has 0 spiro atoms. The number of hydrogen-bond acceptors (Lipinski definition) is 3. The SMILES string of the molecule is CC1CC2C=C3C(=CC2C1[Si](C)(C)N(C(C)(C)C)[N+](C)(C)C)C(C)(C)c1cc2c(cc13)OCCO2. The van der Waals surface area contributed by atoms with Crippen molar-refractivity contribution in [3.63, 3.8) is 0 Å². The van der Waals surface area contributed by atoms with Crippen LogP contribution in [0.3, 0.4) is 0 Å². The molecule has 5 heteroatoms. The fourth-order valence-corrected chi connectivity index (χ4v) is 15.3. The number of hydrogen-bond donors (Lipinski definition) is 0. The summed E-state index contributed by atoms with van der Waals surface area (Å²) in [7, 11) is 5.23. The van der Waals surface area contributed by atoms with Crippen LogP contribution in [-0.2, 0) is 5.41 Å². The maximum Gasteiger partial charge on any atom is 0.191 e. The van der Waals surface area contributed by atoms with E-state index in [1.165, 1.54) is 28.7 Å². The van der Waals surface area contributed by atoms with Gasteiger partial charge in [-0.3, -0.25) is 4.59 Å². The predicted molar refractivity (Wildman–Crippen MR) is 148 cm³/mol. The average Bonchev–Trinajstić information content (AvgIpc) is 3.13. The zero-order chi connectivity index (χ0) is 25.7. The Kier molecular flexibility index (Phi) is 5.54. The van der Waals surface area contributed by atoms with Gasteiger partial charge in [0.2, 0.25) is 0 Å². The van der Waals surface area contributed by atoms with Crippen LogP contribution >= 0.6 is 0 Å². The van der Waals surface area contributed by atoms with E-state index in [4.69, 9.17) is 9.47 Å². The molecule has 4 unspecified atom stereocenters. The van der Waals surface area contributed by atoms with Gasteiger partial charge in [0.25, 0.3) is 0 Å². The summed E-state index contributed by atoms with van der Waals surface area (Å²) < 4.78 is 15.7. The van der Waals surface area contributed by atoms with Crippen molar-refractivity contribution in [2.75, 3.05) is 34.4 Å². The molecule has 1 fully saturated rings. The fourth-order valence-electron chi connectivity index (χ4n) is 8.97. The Morgan fingerprint density at radius 3 is 2.17 bits per heavy atom. The van der Waals surface area contributed by atoms with Crippen molar-refractivity contribution in [1.82, 2.24) is 4.67 Å². The van der Waals surface area contributed by atoms with Crippen molar-refractivity contribution in [3.8, 4) is 11.5 Å². The molecule has 35 heavy (non-hydrogen) atoms. The third-order valence-electron chi connectivity index (χ3n) is 9.11. The number of ether oxygens (including phenoxy) is 2. The van der Waals surface area contributed by atoms with E-state index < -0.39 is 8.24 Å². The first-order valence-electron chi connectivity index (χ1n) is 13.6. The number of quaternary nitrogens is 1. The van der Waals surface area contributed by atoms with Gasteiger partial charge >= 0.3 is 0 Å². The lowest BCUT2D eigenvalue weighted by atomic mass is 9.76. The van der Waals surface area contributed by atoms with E-state index in [1.807, 2.05) is 0 Å². The lowest BCUT2D eigenvalue weighted by Gasteiger charge is -2.55. The van der Waals surface area contributed by atoms with Gasteiger partial charge in [0, 0.05) is 5.41 Å². The standard InChI is InChI=1S/C30H47N2O2Si/c1-19-14-20-15-22-23-17-26-27(34-13-12-33-26)18-25(23)30(5,6)24(22)16-21(20)28(19)35(10,11)31(29(2,3)4)32(7,8)9/h15-21,28H,12-14H2,1-11H3/q+1. The van der Waals surface area contributed by atoms with Crippen LogP contribution in [0.2, 0.25) is 18.6 Å². The van der Waals surface area contributed by atoms with Gasteiger partial charge in [0.05, 0.1) is 26.7 Å². The molecule has 1 aromatic carbocycles. The highest BCUT2D eigenvalue weighted by Crippen LogP contribution is 2.61. The summed E-state index contributed by atoms with van der Waals surface area (Å²) in [5.74, 6) is 3.76. The van der Waals surface area contributed by atoms with Gasteiger partial charge in [-0.25, -0.2) is 0 Å². The second kappa shape index (κ2) is 7.72. The van der Waals surface area contributed by atoms with E-state index in [2.05, 4.69) is 105 Å². The van der Waals surface area contributed by atoms with Gasteiger partial charge in [-0.1, -0.05) is 46.0 Å². The molecule has 0 aromatic heterocycles. The molecule has 0 saturated heterocycles. The highest BCUT2D eigenvalue weighted by molar-refractivity contribution is 6.76. The molecule has 3 aliphatic carbocycles. The third-order valence-corrected chi connectivity index (χ3v) is 14.1. The van der Waals surface area contributed by atoms with Crippen molar-refractivity contribution in [2.24, 2.45) is 17.8 Å². The minimum absolute atomic E-state index is 0.0200. The van der Waals surface area contributed by atoms with Crippen LogP contribution in [-0.4, -0.2) is 57.4 Å². The highest BCUT2D eigenvalue weighted by atomic mass is 28.3. The van der Waals surface area contributed by atoms with Gasteiger partial charge in [-0.05, 0) is 84.9 Å². The molecule has 5 rings (SSSR count). The monoisotopic (exact) mass is 495 g/mol. The molecule has 4 aliphatic rings. The first-order valence-corrected chi connectivity index (χ1v) is 16.6. The van der Waals surface area contributed by atoms with Crippen molar-refractivity contribution in [3.05, 3.63) is 41.0 Å². The quantitative estimate of drug-likeness (QED) is 0.266. The van der Waals surface area contributed by atoms with Gasteiger partial charge in [-0.2, -0.15) is 4.67 Å². The molecule has 1 heterocycles.